The van der Waals surface area contributed by atoms with Crippen molar-refractivity contribution in [1.29, 1.82) is 0 Å². The van der Waals surface area contributed by atoms with Crippen LogP contribution in [0.4, 0.5) is 11.4 Å². The number of methoxy groups -OCH3 is 1. The van der Waals surface area contributed by atoms with Crippen LogP contribution in [0.25, 0.3) is 10.9 Å². The number of fused-ring (bicyclic) bond motifs is 2. The van der Waals surface area contributed by atoms with E-state index < -0.39 is 10.0 Å². The van der Waals surface area contributed by atoms with Gasteiger partial charge in [0.2, 0.25) is 0 Å². The van der Waals surface area contributed by atoms with Crippen molar-refractivity contribution in [3.63, 3.8) is 0 Å². The molecular formula is C27H27N3O4S. The summed E-state index contributed by atoms with van der Waals surface area (Å²) in [6.07, 6.45) is 3.60. The van der Waals surface area contributed by atoms with Crippen LogP contribution < -0.4 is 9.62 Å². The van der Waals surface area contributed by atoms with E-state index in [-0.39, 0.29) is 16.4 Å². The average Bonchev–Trinajstić information content (AvgIpc) is 3.29. The molecule has 7 nitrogen and oxygen atoms in total. The number of aromatic nitrogens is 1. The highest BCUT2D eigenvalue weighted by Gasteiger charge is 2.29. The number of sulfonamides is 1. The fourth-order valence-electron chi connectivity index (χ4n) is 4.54. The number of hydrogen-bond donors (Lipinski definition) is 1. The molecule has 3 aromatic carbocycles. The van der Waals surface area contributed by atoms with E-state index in [1.165, 1.54) is 16.4 Å². The molecule has 8 heteroatoms. The van der Waals surface area contributed by atoms with Crippen LogP contribution in [-0.4, -0.2) is 39.2 Å². The molecule has 1 N–H and O–H groups in total. The summed E-state index contributed by atoms with van der Waals surface area (Å²) >= 11 is 0. The minimum Gasteiger partial charge on any atom is -0.383 e. The molecule has 0 aliphatic carbocycles. The smallest absolute Gasteiger partial charge is 0.264 e. The van der Waals surface area contributed by atoms with Crippen molar-refractivity contribution < 1.29 is 17.9 Å². The lowest BCUT2D eigenvalue weighted by molar-refractivity contribution is 0.102. The van der Waals surface area contributed by atoms with E-state index in [0.717, 1.165) is 35.9 Å². The van der Waals surface area contributed by atoms with Gasteiger partial charge in [0.05, 0.1) is 17.2 Å². The molecule has 180 valence electrons. The predicted molar refractivity (Wildman–Crippen MR) is 138 cm³/mol. The topological polar surface area (TPSA) is 80.6 Å². The summed E-state index contributed by atoms with van der Waals surface area (Å²) in [5, 5.41) is 3.89. The SMILES string of the molecule is COCCn1ccc2cc(NC(=O)c3cccc(S(=O)(=O)N4CCCc5ccccc54)c3)ccc21. The zero-order valence-corrected chi connectivity index (χ0v) is 20.3. The second-order valence-electron chi connectivity index (χ2n) is 8.57. The van der Waals surface area contributed by atoms with Crippen molar-refractivity contribution in [2.24, 2.45) is 0 Å². The Labute approximate surface area is 205 Å². The van der Waals surface area contributed by atoms with E-state index in [1.54, 1.807) is 19.2 Å². The molecule has 0 bridgehead atoms. The van der Waals surface area contributed by atoms with Crippen LogP contribution in [0.3, 0.4) is 0 Å². The molecule has 1 aliphatic rings. The van der Waals surface area contributed by atoms with Gasteiger partial charge in [-0.25, -0.2) is 8.42 Å². The Morgan fingerprint density at radius 2 is 1.89 bits per heavy atom. The van der Waals surface area contributed by atoms with Crippen molar-refractivity contribution >= 4 is 38.2 Å². The number of benzene rings is 3. The summed E-state index contributed by atoms with van der Waals surface area (Å²) in [6.45, 7) is 1.78. The second-order valence-corrected chi connectivity index (χ2v) is 10.4. The fraction of sp³-hybridized carbons (Fsp3) is 0.222. The van der Waals surface area contributed by atoms with Crippen molar-refractivity contribution in [2.75, 3.05) is 29.9 Å². The molecule has 0 saturated carbocycles. The van der Waals surface area contributed by atoms with Crippen LogP contribution in [0.5, 0.6) is 0 Å². The zero-order chi connectivity index (χ0) is 24.4. The van der Waals surface area contributed by atoms with Crippen LogP contribution in [0, 0.1) is 0 Å². The van der Waals surface area contributed by atoms with Crippen LogP contribution in [0.1, 0.15) is 22.3 Å². The summed E-state index contributed by atoms with van der Waals surface area (Å²) in [5.74, 6) is -0.362. The Hall–Kier alpha value is -3.62. The van der Waals surface area contributed by atoms with Gasteiger partial charge in [0.15, 0.2) is 0 Å². The highest BCUT2D eigenvalue weighted by Crippen LogP contribution is 2.32. The summed E-state index contributed by atoms with van der Waals surface area (Å²) in [7, 11) is -2.13. The Morgan fingerprint density at radius 1 is 1.03 bits per heavy atom. The van der Waals surface area contributed by atoms with Gasteiger partial charge >= 0.3 is 0 Å². The van der Waals surface area contributed by atoms with Crippen molar-refractivity contribution in [3.05, 3.63) is 90.1 Å². The second kappa shape index (κ2) is 9.56. The van der Waals surface area contributed by atoms with Crippen LogP contribution in [0.2, 0.25) is 0 Å². The first-order valence-corrected chi connectivity index (χ1v) is 13.0. The number of nitrogens with zero attached hydrogens (tertiary/aromatic N) is 2. The first-order chi connectivity index (χ1) is 17.0. The van der Waals surface area contributed by atoms with Crippen molar-refractivity contribution in [2.45, 2.75) is 24.3 Å². The molecule has 0 atom stereocenters. The van der Waals surface area contributed by atoms with Gasteiger partial charge in [-0.15, -0.1) is 0 Å². The number of ether oxygens (including phenoxy) is 1. The number of carbonyl (C=O) groups is 1. The zero-order valence-electron chi connectivity index (χ0n) is 19.5. The molecule has 1 aromatic heterocycles. The molecule has 4 aromatic rings. The standard InChI is InChI=1S/C27H27N3O4S/c1-34-17-16-29-15-13-21-18-23(11-12-25(21)29)28-27(31)22-7-4-9-24(19-22)35(32,33)30-14-5-8-20-6-2-3-10-26(20)30/h2-4,6-7,9-13,15,18-19H,5,8,14,16-17H2,1H3,(H,28,31). The third-order valence-corrected chi connectivity index (χ3v) is 8.13. The first-order valence-electron chi connectivity index (χ1n) is 11.6. The van der Waals surface area contributed by atoms with E-state index in [9.17, 15) is 13.2 Å². The number of nitrogens with one attached hydrogen (secondary N) is 1. The van der Waals surface area contributed by atoms with Crippen molar-refractivity contribution in [3.8, 4) is 0 Å². The normalized spacial score (nSPS) is 13.6. The maximum absolute atomic E-state index is 13.5. The third kappa shape index (κ3) is 4.54. The molecule has 0 radical (unpaired) electrons. The molecule has 0 spiro atoms. The molecule has 1 amide bonds. The minimum atomic E-state index is -3.80. The van der Waals surface area contributed by atoms with Gasteiger partial charge in [0, 0.05) is 48.5 Å². The minimum absolute atomic E-state index is 0.104. The molecule has 0 unspecified atom stereocenters. The van der Waals surface area contributed by atoms with Crippen LogP contribution >= 0.6 is 0 Å². The van der Waals surface area contributed by atoms with Gasteiger partial charge in [-0.3, -0.25) is 9.10 Å². The molecular weight excluding hydrogens is 462 g/mol. The first kappa shape index (κ1) is 23.1. The lowest BCUT2D eigenvalue weighted by Crippen LogP contribution is -2.35. The van der Waals surface area contributed by atoms with Gasteiger partial charge in [0.25, 0.3) is 15.9 Å². The van der Waals surface area contributed by atoms with Crippen molar-refractivity contribution in [1.82, 2.24) is 4.57 Å². The molecule has 35 heavy (non-hydrogen) atoms. The summed E-state index contributed by atoms with van der Waals surface area (Å²) in [5.41, 5.74) is 3.70. The fourth-order valence-corrected chi connectivity index (χ4v) is 6.13. The van der Waals surface area contributed by atoms with Gasteiger partial charge in [0.1, 0.15) is 0 Å². The van der Waals surface area contributed by atoms with Gasteiger partial charge in [-0.05, 0) is 66.9 Å². The molecule has 0 saturated heterocycles. The number of amides is 1. The number of hydrogen-bond acceptors (Lipinski definition) is 4. The van der Waals surface area contributed by atoms with Crippen LogP contribution in [-0.2, 0) is 27.7 Å². The molecule has 1 aliphatic heterocycles. The van der Waals surface area contributed by atoms with E-state index in [0.29, 0.717) is 24.5 Å². The quantitative estimate of drug-likeness (QED) is 0.409. The Kier molecular flexibility index (Phi) is 6.32. The number of aryl methyl sites for hydroxylation is 1. The molecule has 0 fully saturated rings. The number of rotatable bonds is 7. The highest BCUT2D eigenvalue weighted by atomic mass is 32.2. The Bertz CT molecular complexity index is 1490. The predicted octanol–water partition coefficient (Wildman–Crippen LogP) is 4.68. The maximum atomic E-state index is 13.5. The van der Waals surface area contributed by atoms with E-state index in [1.807, 2.05) is 54.7 Å². The van der Waals surface area contributed by atoms with Gasteiger partial charge in [-0.2, -0.15) is 0 Å². The number of para-hydroxylation sites is 1. The van der Waals surface area contributed by atoms with Gasteiger partial charge < -0.3 is 14.6 Å². The number of anilines is 2. The lowest BCUT2D eigenvalue weighted by atomic mass is 10.0. The maximum Gasteiger partial charge on any atom is 0.264 e. The van der Waals surface area contributed by atoms with E-state index >= 15 is 0 Å². The third-order valence-electron chi connectivity index (χ3n) is 6.32. The summed E-state index contributed by atoms with van der Waals surface area (Å²) < 4.78 is 35.7. The highest BCUT2D eigenvalue weighted by molar-refractivity contribution is 7.92. The average molecular weight is 490 g/mol. The summed E-state index contributed by atoms with van der Waals surface area (Å²) in [6, 6.07) is 21.5. The van der Waals surface area contributed by atoms with Gasteiger partial charge in [-0.1, -0.05) is 24.3 Å². The Balaban J connectivity index is 1.38. The summed E-state index contributed by atoms with van der Waals surface area (Å²) in [4.78, 5) is 13.1. The lowest BCUT2D eigenvalue weighted by Gasteiger charge is -2.30. The number of carbonyl (C=O) groups excluding carboxylic acids is 1. The van der Waals surface area contributed by atoms with E-state index in [2.05, 4.69) is 9.88 Å². The molecule has 5 rings (SSSR count). The van der Waals surface area contributed by atoms with E-state index in [4.69, 9.17) is 4.74 Å². The molecule has 2 heterocycles. The monoisotopic (exact) mass is 489 g/mol. The van der Waals surface area contributed by atoms with Crippen LogP contribution in [0.15, 0.2) is 83.9 Å². The Morgan fingerprint density at radius 3 is 2.74 bits per heavy atom. The largest absolute Gasteiger partial charge is 0.383 e.